The highest BCUT2D eigenvalue weighted by atomic mass is 32.1. The Kier molecular flexibility index (Phi) is 4.48. The zero-order valence-electron chi connectivity index (χ0n) is 12.3. The van der Waals surface area contributed by atoms with E-state index < -0.39 is 17.5 Å². The summed E-state index contributed by atoms with van der Waals surface area (Å²) in [5.41, 5.74) is 7.18. The van der Waals surface area contributed by atoms with Crippen LogP contribution in [0.25, 0.3) is 11.3 Å². The van der Waals surface area contributed by atoms with Crippen molar-refractivity contribution in [3.63, 3.8) is 0 Å². The molecule has 122 valence electrons. The van der Waals surface area contributed by atoms with Gasteiger partial charge in [-0.05, 0) is 23.8 Å². The molecule has 5 nitrogen and oxygen atoms in total. The Morgan fingerprint density at radius 1 is 1.25 bits per heavy atom. The summed E-state index contributed by atoms with van der Waals surface area (Å²) in [5, 5.41) is 4.75. The average molecular weight is 346 g/mol. The first-order chi connectivity index (χ1) is 11.5. The lowest BCUT2D eigenvalue weighted by atomic mass is 10.1. The van der Waals surface area contributed by atoms with Gasteiger partial charge in [0.1, 0.15) is 17.5 Å². The highest BCUT2D eigenvalue weighted by Gasteiger charge is 2.12. The van der Waals surface area contributed by atoms with Crippen molar-refractivity contribution < 1.29 is 13.6 Å². The Labute approximate surface area is 140 Å². The average Bonchev–Trinajstić information content (AvgIpc) is 2.98. The summed E-state index contributed by atoms with van der Waals surface area (Å²) < 4.78 is 26.4. The van der Waals surface area contributed by atoms with Crippen molar-refractivity contribution >= 4 is 28.2 Å². The number of benzene rings is 1. The van der Waals surface area contributed by atoms with Gasteiger partial charge in [0.25, 0.3) is 0 Å². The summed E-state index contributed by atoms with van der Waals surface area (Å²) in [5.74, 6) is -1.50. The Bertz CT molecular complexity index is 897. The minimum Gasteiger partial charge on any atom is -0.384 e. The molecule has 8 heteroatoms. The second-order valence-electron chi connectivity index (χ2n) is 4.97. The maximum absolute atomic E-state index is 13.6. The number of nitrogens with one attached hydrogen (secondary N) is 1. The number of thiazole rings is 1. The van der Waals surface area contributed by atoms with Crippen LogP contribution < -0.4 is 11.1 Å². The van der Waals surface area contributed by atoms with Crippen molar-refractivity contribution in [3.05, 3.63) is 59.1 Å². The lowest BCUT2D eigenvalue weighted by Gasteiger charge is -2.03. The van der Waals surface area contributed by atoms with Gasteiger partial charge in [0.05, 0.1) is 12.1 Å². The SMILES string of the molecule is Nc1cc(-c2csc(NC(=O)Cc3ccc(F)cc3F)n2)ccn1. The minimum atomic E-state index is -0.753. The van der Waals surface area contributed by atoms with Gasteiger partial charge in [-0.1, -0.05) is 6.07 Å². The topological polar surface area (TPSA) is 80.9 Å². The number of nitrogens with two attached hydrogens (primary N) is 1. The number of nitrogen functional groups attached to an aromatic ring is 1. The van der Waals surface area contributed by atoms with Gasteiger partial charge in [-0.2, -0.15) is 0 Å². The molecule has 0 saturated heterocycles. The third kappa shape index (κ3) is 3.72. The largest absolute Gasteiger partial charge is 0.384 e. The molecule has 3 aromatic rings. The van der Waals surface area contributed by atoms with E-state index in [0.717, 1.165) is 17.7 Å². The summed E-state index contributed by atoms with van der Waals surface area (Å²) in [6, 6.07) is 6.54. The molecule has 0 aliphatic carbocycles. The number of amides is 1. The molecule has 0 unspecified atom stereocenters. The van der Waals surface area contributed by atoms with Crippen LogP contribution in [0.15, 0.2) is 41.9 Å². The van der Waals surface area contributed by atoms with Gasteiger partial charge in [0.2, 0.25) is 5.91 Å². The van der Waals surface area contributed by atoms with Gasteiger partial charge < -0.3 is 11.1 Å². The summed E-state index contributed by atoms with van der Waals surface area (Å²) in [7, 11) is 0. The number of pyridine rings is 1. The van der Waals surface area contributed by atoms with Gasteiger partial charge >= 0.3 is 0 Å². The Balaban J connectivity index is 1.69. The molecule has 1 aromatic carbocycles. The third-order valence-electron chi connectivity index (χ3n) is 3.19. The minimum absolute atomic E-state index is 0.118. The highest BCUT2D eigenvalue weighted by Crippen LogP contribution is 2.25. The number of aromatic nitrogens is 2. The molecule has 2 aromatic heterocycles. The number of carbonyl (C=O) groups is 1. The summed E-state index contributed by atoms with van der Waals surface area (Å²) >= 11 is 1.24. The molecule has 0 saturated carbocycles. The number of rotatable bonds is 4. The van der Waals surface area contributed by atoms with Crippen molar-refractivity contribution in [2.24, 2.45) is 0 Å². The molecule has 0 bridgehead atoms. The monoisotopic (exact) mass is 346 g/mol. The smallest absolute Gasteiger partial charge is 0.230 e. The van der Waals surface area contributed by atoms with E-state index in [-0.39, 0.29) is 12.0 Å². The van der Waals surface area contributed by atoms with Crippen molar-refractivity contribution in [2.75, 3.05) is 11.1 Å². The van der Waals surface area contributed by atoms with Crippen molar-refractivity contribution in [2.45, 2.75) is 6.42 Å². The van der Waals surface area contributed by atoms with Crippen LogP contribution in [0.5, 0.6) is 0 Å². The number of hydrogen-bond donors (Lipinski definition) is 2. The van der Waals surface area contributed by atoms with Crippen LogP contribution in [0.4, 0.5) is 19.7 Å². The normalized spacial score (nSPS) is 10.6. The lowest BCUT2D eigenvalue weighted by Crippen LogP contribution is -2.15. The Morgan fingerprint density at radius 3 is 2.83 bits per heavy atom. The predicted molar refractivity (Wildman–Crippen MR) is 88.4 cm³/mol. The molecule has 0 spiro atoms. The number of carbonyl (C=O) groups excluding carboxylic acids is 1. The predicted octanol–water partition coefficient (Wildman–Crippen LogP) is 3.25. The van der Waals surface area contributed by atoms with Crippen LogP contribution in [0.1, 0.15) is 5.56 Å². The molecule has 0 radical (unpaired) electrons. The van der Waals surface area contributed by atoms with E-state index in [1.165, 1.54) is 17.4 Å². The first kappa shape index (κ1) is 16.0. The second-order valence-corrected chi connectivity index (χ2v) is 5.83. The molecule has 3 rings (SSSR count). The van der Waals surface area contributed by atoms with Crippen LogP contribution in [-0.4, -0.2) is 15.9 Å². The summed E-state index contributed by atoms with van der Waals surface area (Å²) in [6.07, 6.45) is 1.36. The van der Waals surface area contributed by atoms with Gasteiger partial charge in [-0.15, -0.1) is 11.3 Å². The van der Waals surface area contributed by atoms with E-state index in [1.54, 1.807) is 23.7 Å². The molecule has 0 aliphatic rings. The van der Waals surface area contributed by atoms with Gasteiger partial charge in [-0.3, -0.25) is 4.79 Å². The van der Waals surface area contributed by atoms with Gasteiger partial charge in [0, 0.05) is 23.2 Å². The van der Waals surface area contributed by atoms with Gasteiger partial charge in [-0.25, -0.2) is 18.7 Å². The van der Waals surface area contributed by atoms with Crippen LogP contribution in [0, 0.1) is 11.6 Å². The number of anilines is 2. The Hall–Kier alpha value is -2.87. The molecule has 0 fully saturated rings. The summed E-state index contributed by atoms with van der Waals surface area (Å²) in [4.78, 5) is 20.2. The summed E-state index contributed by atoms with van der Waals surface area (Å²) in [6.45, 7) is 0. The fourth-order valence-corrected chi connectivity index (χ4v) is 2.81. The third-order valence-corrected chi connectivity index (χ3v) is 3.95. The zero-order valence-corrected chi connectivity index (χ0v) is 13.1. The first-order valence-corrected chi connectivity index (χ1v) is 7.80. The zero-order chi connectivity index (χ0) is 17.1. The van der Waals surface area contributed by atoms with E-state index in [1.807, 2.05) is 0 Å². The molecule has 0 aliphatic heterocycles. The molecular formula is C16H12F2N4OS. The molecule has 0 atom stereocenters. The Morgan fingerprint density at radius 2 is 2.08 bits per heavy atom. The van der Waals surface area contributed by atoms with E-state index in [2.05, 4.69) is 15.3 Å². The van der Waals surface area contributed by atoms with Crippen molar-refractivity contribution in [1.82, 2.24) is 9.97 Å². The quantitative estimate of drug-likeness (QED) is 0.760. The van der Waals surface area contributed by atoms with Crippen molar-refractivity contribution in [3.8, 4) is 11.3 Å². The number of nitrogens with zero attached hydrogens (tertiary/aromatic N) is 2. The molecule has 24 heavy (non-hydrogen) atoms. The fourth-order valence-electron chi connectivity index (χ4n) is 2.07. The van der Waals surface area contributed by atoms with Crippen LogP contribution in [-0.2, 0) is 11.2 Å². The van der Waals surface area contributed by atoms with E-state index >= 15 is 0 Å². The molecule has 3 N–H and O–H groups in total. The van der Waals surface area contributed by atoms with Crippen LogP contribution >= 0.6 is 11.3 Å². The lowest BCUT2D eigenvalue weighted by molar-refractivity contribution is -0.115. The number of hydrogen-bond acceptors (Lipinski definition) is 5. The van der Waals surface area contributed by atoms with E-state index in [9.17, 15) is 13.6 Å². The number of halogens is 2. The van der Waals surface area contributed by atoms with Crippen LogP contribution in [0.2, 0.25) is 0 Å². The van der Waals surface area contributed by atoms with Gasteiger partial charge in [0.15, 0.2) is 5.13 Å². The standard InChI is InChI=1S/C16H12F2N4OS/c17-11-2-1-9(12(18)7-11)6-15(23)22-16-21-13(8-24-16)10-3-4-20-14(19)5-10/h1-5,7-8H,6H2,(H2,19,20)(H,21,22,23). The fraction of sp³-hybridized carbons (Fsp3) is 0.0625. The van der Waals surface area contributed by atoms with E-state index in [0.29, 0.717) is 16.6 Å². The maximum atomic E-state index is 13.6. The van der Waals surface area contributed by atoms with E-state index in [4.69, 9.17) is 5.73 Å². The first-order valence-electron chi connectivity index (χ1n) is 6.92. The van der Waals surface area contributed by atoms with Crippen LogP contribution in [0.3, 0.4) is 0 Å². The molecule has 2 heterocycles. The highest BCUT2D eigenvalue weighted by molar-refractivity contribution is 7.14. The second kappa shape index (κ2) is 6.71. The molecule has 1 amide bonds. The molecular weight excluding hydrogens is 334 g/mol. The maximum Gasteiger partial charge on any atom is 0.230 e. The van der Waals surface area contributed by atoms with Crippen molar-refractivity contribution in [1.29, 1.82) is 0 Å².